The van der Waals surface area contributed by atoms with Crippen LogP contribution in [-0.4, -0.2) is 37.1 Å². The van der Waals surface area contributed by atoms with E-state index in [1.165, 1.54) is 0 Å². The molecule has 0 fully saturated rings. The average Bonchev–Trinajstić information content (AvgIpc) is 2.39. The van der Waals surface area contributed by atoms with Crippen molar-refractivity contribution in [2.24, 2.45) is 0 Å². The topological polar surface area (TPSA) is 49.9 Å². The normalized spacial score (nSPS) is 14.3. The van der Waals surface area contributed by atoms with E-state index < -0.39 is 0 Å². The Labute approximate surface area is 112 Å². The summed E-state index contributed by atoms with van der Waals surface area (Å²) in [6, 6.07) is 7.67. The molecule has 1 aliphatic heterocycles. The summed E-state index contributed by atoms with van der Waals surface area (Å²) in [6.45, 7) is 3.08. The highest BCUT2D eigenvalue weighted by molar-refractivity contribution is 5.95. The van der Waals surface area contributed by atoms with E-state index in [1.54, 1.807) is 23.8 Å². The van der Waals surface area contributed by atoms with Gasteiger partial charge >= 0.3 is 12.0 Å². The first-order valence-corrected chi connectivity index (χ1v) is 6.39. The molecule has 1 heterocycles. The maximum Gasteiger partial charge on any atom is 0.324 e. The lowest BCUT2D eigenvalue weighted by Gasteiger charge is -2.34. The molecule has 0 N–H and O–H groups in total. The Kier molecular flexibility index (Phi) is 4.04. The zero-order valence-corrected chi connectivity index (χ0v) is 11.3. The van der Waals surface area contributed by atoms with Crippen LogP contribution in [-0.2, 0) is 16.1 Å². The van der Waals surface area contributed by atoms with Gasteiger partial charge in [0, 0.05) is 20.1 Å². The van der Waals surface area contributed by atoms with Gasteiger partial charge in [0.15, 0.2) is 0 Å². The molecule has 0 aliphatic carbocycles. The monoisotopic (exact) mass is 262 g/mol. The average molecular weight is 262 g/mol. The van der Waals surface area contributed by atoms with Gasteiger partial charge in [-0.25, -0.2) is 4.79 Å². The van der Waals surface area contributed by atoms with Crippen molar-refractivity contribution < 1.29 is 14.3 Å². The fraction of sp³-hybridized carbons (Fsp3) is 0.429. The predicted molar refractivity (Wildman–Crippen MR) is 71.9 cm³/mol. The molecule has 19 heavy (non-hydrogen) atoms. The molecule has 2 rings (SSSR count). The highest BCUT2D eigenvalue weighted by Gasteiger charge is 2.27. The van der Waals surface area contributed by atoms with E-state index >= 15 is 0 Å². The number of urea groups is 1. The molecule has 0 radical (unpaired) electrons. The van der Waals surface area contributed by atoms with Crippen LogP contribution in [0.1, 0.15) is 18.9 Å². The number of rotatable bonds is 4. The first kappa shape index (κ1) is 13.4. The Morgan fingerprint density at radius 2 is 2.11 bits per heavy atom. The smallest absolute Gasteiger partial charge is 0.324 e. The number of carbonyl (C=O) groups excluding carboxylic acids is 2. The van der Waals surface area contributed by atoms with Gasteiger partial charge in [-0.2, -0.15) is 0 Å². The number of amides is 2. The van der Waals surface area contributed by atoms with Crippen LogP contribution in [0.2, 0.25) is 0 Å². The summed E-state index contributed by atoms with van der Waals surface area (Å²) in [5.41, 5.74) is 1.98. The summed E-state index contributed by atoms with van der Waals surface area (Å²) in [5, 5.41) is 0. The molecule has 1 aromatic rings. The van der Waals surface area contributed by atoms with Gasteiger partial charge < -0.3 is 9.64 Å². The van der Waals surface area contributed by atoms with Gasteiger partial charge in [0.1, 0.15) is 0 Å². The lowest BCUT2D eigenvalue weighted by atomic mass is 10.1. The number of ether oxygens (including phenoxy) is 1. The van der Waals surface area contributed by atoms with E-state index in [0.717, 1.165) is 11.3 Å². The number of carbonyl (C=O) groups is 2. The number of fused-ring (bicyclic) bond motifs is 1. The highest BCUT2D eigenvalue weighted by atomic mass is 16.5. The molecule has 102 valence electrons. The fourth-order valence-electron chi connectivity index (χ4n) is 2.19. The van der Waals surface area contributed by atoms with Crippen LogP contribution in [0.5, 0.6) is 0 Å². The van der Waals surface area contributed by atoms with Crippen LogP contribution in [0.25, 0.3) is 0 Å². The first-order chi connectivity index (χ1) is 9.13. The van der Waals surface area contributed by atoms with E-state index in [1.807, 2.05) is 24.3 Å². The van der Waals surface area contributed by atoms with Crippen molar-refractivity contribution in [1.82, 2.24) is 4.90 Å². The van der Waals surface area contributed by atoms with Gasteiger partial charge in [-0.3, -0.25) is 9.69 Å². The lowest BCUT2D eigenvalue weighted by Crippen LogP contribution is -2.46. The van der Waals surface area contributed by atoms with E-state index in [4.69, 9.17) is 4.74 Å². The second kappa shape index (κ2) is 5.73. The second-order valence-corrected chi connectivity index (χ2v) is 4.47. The SMILES string of the molecule is CCOC(=O)CCN1C(=O)N(C)Cc2ccccc21. The Morgan fingerprint density at radius 1 is 1.37 bits per heavy atom. The quantitative estimate of drug-likeness (QED) is 0.780. The minimum absolute atomic E-state index is 0.0806. The minimum Gasteiger partial charge on any atom is -0.466 e. The largest absolute Gasteiger partial charge is 0.466 e. The van der Waals surface area contributed by atoms with Crippen LogP contribution in [0.3, 0.4) is 0 Å². The summed E-state index contributed by atoms with van der Waals surface area (Å²) in [6.07, 6.45) is 0.210. The third-order valence-corrected chi connectivity index (χ3v) is 3.09. The molecule has 5 heteroatoms. The van der Waals surface area contributed by atoms with Gasteiger partial charge in [-0.05, 0) is 18.6 Å². The molecule has 0 unspecified atom stereocenters. The molecule has 0 saturated heterocycles. The van der Waals surface area contributed by atoms with Crippen molar-refractivity contribution in [3.8, 4) is 0 Å². The van der Waals surface area contributed by atoms with Gasteiger partial charge in [0.05, 0.1) is 18.7 Å². The number of benzene rings is 1. The maximum absolute atomic E-state index is 12.2. The number of esters is 1. The summed E-state index contributed by atoms with van der Waals surface area (Å²) >= 11 is 0. The van der Waals surface area contributed by atoms with Crippen molar-refractivity contribution in [2.45, 2.75) is 19.9 Å². The summed E-state index contributed by atoms with van der Waals surface area (Å²) in [7, 11) is 1.76. The molecule has 5 nitrogen and oxygen atoms in total. The third-order valence-electron chi connectivity index (χ3n) is 3.09. The van der Waals surface area contributed by atoms with Crippen LogP contribution in [0.4, 0.5) is 10.5 Å². The minimum atomic E-state index is -0.277. The Balaban J connectivity index is 2.14. The zero-order valence-electron chi connectivity index (χ0n) is 11.3. The van der Waals surface area contributed by atoms with E-state index in [0.29, 0.717) is 19.7 Å². The molecular formula is C14H18N2O3. The number of para-hydroxylation sites is 1. The molecule has 1 aliphatic rings. The molecule has 0 bridgehead atoms. The molecule has 1 aromatic carbocycles. The fourth-order valence-corrected chi connectivity index (χ4v) is 2.19. The molecule has 2 amide bonds. The van der Waals surface area contributed by atoms with Crippen molar-refractivity contribution in [3.63, 3.8) is 0 Å². The Hall–Kier alpha value is -2.04. The van der Waals surface area contributed by atoms with Crippen molar-refractivity contribution in [2.75, 3.05) is 25.1 Å². The number of nitrogens with zero attached hydrogens (tertiary/aromatic N) is 2. The molecule has 0 spiro atoms. The molecular weight excluding hydrogens is 244 g/mol. The summed E-state index contributed by atoms with van der Waals surface area (Å²) < 4.78 is 4.89. The van der Waals surface area contributed by atoms with E-state index in [-0.39, 0.29) is 18.4 Å². The first-order valence-electron chi connectivity index (χ1n) is 6.39. The van der Waals surface area contributed by atoms with Gasteiger partial charge in [-0.15, -0.1) is 0 Å². The molecule has 0 aromatic heterocycles. The van der Waals surface area contributed by atoms with Crippen molar-refractivity contribution in [1.29, 1.82) is 0 Å². The standard InChI is InChI=1S/C14H18N2O3/c1-3-19-13(17)8-9-16-12-7-5-4-6-11(12)10-15(2)14(16)18/h4-7H,3,8-10H2,1-2H3. The van der Waals surface area contributed by atoms with Crippen LogP contribution < -0.4 is 4.90 Å². The van der Waals surface area contributed by atoms with Gasteiger partial charge in [0.2, 0.25) is 0 Å². The number of hydrogen-bond acceptors (Lipinski definition) is 3. The van der Waals surface area contributed by atoms with E-state index in [2.05, 4.69) is 0 Å². The zero-order chi connectivity index (χ0) is 13.8. The second-order valence-electron chi connectivity index (χ2n) is 4.47. The van der Waals surface area contributed by atoms with Gasteiger partial charge in [-0.1, -0.05) is 18.2 Å². The molecule has 0 saturated carbocycles. The Morgan fingerprint density at radius 3 is 2.84 bits per heavy atom. The van der Waals surface area contributed by atoms with Crippen LogP contribution in [0.15, 0.2) is 24.3 Å². The highest BCUT2D eigenvalue weighted by Crippen LogP contribution is 2.27. The maximum atomic E-state index is 12.2. The number of hydrogen-bond donors (Lipinski definition) is 0. The van der Waals surface area contributed by atoms with Crippen molar-refractivity contribution in [3.05, 3.63) is 29.8 Å². The number of anilines is 1. The summed E-state index contributed by atoms with van der Waals surface area (Å²) in [4.78, 5) is 26.9. The van der Waals surface area contributed by atoms with Gasteiger partial charge in [0.25, 0.3) is 0 Å². The predicted octanol–water partition coefficient (Wildman–Crippen LogP) is 2.01. The third kappa shape index (κ3) is 2.86. The Bertz CT molecular complexity index is 487. The van der Waals surface area contributed by atoms with E-state index in [9.17, 15) is 9.59 Å². The molecule has 0 atom stereocenters. The van der Waals surface area contributed by atoms with Crippen LogP contribution >= 0.6 is 0 Å². The lowest BCUT2D eigenvalue weighted by molar-refractivity contribution is -0.142. The van der Waals surface area contributed by atoms with Crippen LogP contribution in [0, 0.1) is 0 Å². The van der Waals surface area contributed by atoms with Crippen molar-refractivity contribution >= 4 is 17.7 Å². The summed E-state index contributed by atoms with van der Waals surface area (Å²) in [5.74, 6) is -0.277.